The number of nitrogens with one attached hydrogen (secondary N) is 1. The van der Waals surface area contributed by atoms with Crippen molar-refractivity contribution in [3.63, 3.8) is 0 Å². The third-order valence-corrected chi connectivity index (χ3v) is 4.75. The first-order valence-electron chi connectivity index (χ1n) is 7.93. The van der Waals surface area contributed by atoms with Crippen molar-refractivity contribution in [2.24, 2.45) is 0 Å². The van der Waals surface area contributed by atoms with E-state index in [1.54, 1.807) is 38.1 Å². The lowest BCUT2D eigenvalue weighted by atomic mass is 10.2. The number of carbonyl (C=O) groups is 1. The van der Waals surface area contributed by atoms with E-state index in [2.05, 4.69) is 5.32 Å². The predicted molar refractivity (Wildman–Crippen MR) is 98.4 cm³/mol. The molecule has 1 amide bonds. The molecule has 2 aromatic rings. The molecule has 0 aromatic heterocycles. The number of carbonyl (C=O) groups excluding carboxylic acids is 1. The van der Waals surface area contributed by atoms with E-state index >= 15 is 0 Å². The van der Waals surface area contributed by atoms with Crippen molar-refractivity contribution in [3.05, 3.63) is 54.6 Å². The molecule has 6 nitrogen and oxygen atoms in total. The van der Waals surface area contributed by atoms with E-state index in [4.69, 9.17) is 4.74 Å². The lowest BCUT2D eigenvalue weighted by Gasteiger charge is -2.28. The molecule has 0 spiro atoms. The molecule has 2 aromatic carbocycles. The van der Waals surface area contributed by atoms with Crippen molar-refractivity contribution in [1.82, 2.24) is 5.32 Å². The van der Waals surface area contributed by atoms with E-state index in [-0.39, 0.29) is 5.91 Å². The minimum absolute atomic E-state index is 0.350. The van der Waals surface area contributed by atoms with Crippen molar-refractivity contribution in [1.29, 1.82) is 0 Å². The van der Waals surface area contributed by atoms with Gasteiger partial charge in [-0.2, -0.15) is 0 Å². The molecule has 25 heavy (non-hydrogen) atoms. The van der Waals surface area contributed by atoms with Crippen LogP contribution in [0.4, 0.5) is 5.69 Å². The first-order chi connectivity index (χ1) is 11.8. The summed E-state index contributed by atoms with van der Waals surface area (Å²) in [4.78, 5) is 12.1. The molecule has 1 N–H and O–H groups in total. The second-order valence-electron chi connectivity index (χ2n) is 5.54. The zero-order chi connectivity index (χ0) is 18.4. The number of ether oxygens (including phenoxy) is 1. The second kappa shape index (κ2) is 8.02. The summed E-state index contributed by atoms with van der Waals surface area (Å²) in [5.41, 5.74) is 0.404. The Morgan fingerprint density at radius 1 is 1.08 bits per heavy atom. The van der Waals surface area contributed by atoms with Gasteiger partial charge in [-0.15, -0.1) is 0 Å². The summed E-state index contributed by atoms with van der Waals surface area (Å²) in [6.07, 6.45) is 1.08. The predicted octanol–water partition coefficient (Wildman–Crippen LogP) is 2.77. The summed E-state index contributed by atoms with van der Waals surface area (Å²) in [7, 11) is -3.62. The fourth-order valence-corrected chi connectivity index (χ4v) is 3.59. The Morgan fingerprint density at radius 3 is 2.16 bits per heavy atom. The van der Waals surface area contributed by atoms with Crippen LogP contribution in [-0.4, -0.2) is 33.2 Å². The van der Waals surface area contributed by atoms with Gasteiger partial charge in [0.1, 0.15) is 17.5 Å². The number of hydrogen-bond donors (Lipinski definition) is 1. The van der Waals surface area contributed by atoms with E-state index in [1.807, 2.05) is 30.3 Å². The highest BCUT2D eigenvalue weighted by Crippen LogP contribution is 2.26. The van der Waals surface area contributed by atoms with Gasteiger partial charge in [-0.05, 0) is 50.2 Å². The quantitative estimate of drug-likeness (QED) is 0.822. The molecule has 0 aliphatic carbocycles. The van der Waals surface area contributed by atoms with Crippen molar-refractivity contribution >= 4 is 21.6 Å². The fraction of sp³-hybridized carbons (Fsp3) is 0.278. The van der Waals surface area contributed by atoms with Crippen LogP contribution in [0.5, 0.6) is 11.5 Å². The molecule has 0 radical (unpaired) electrons. The molecule has 7 heteroatoms. The van der Waals surface area contributed by atoms with Gasteiger partial charge in [0.15, 0.2) is 0 Å². The summed E-state index contributed by atoms with van der Waals surface area (Å²) < 4.78 is 31.1. The van der Waals surface area contributed by atoms with E-state index in [1.165, 1.54) is 0 Å². The number of benzene rings is 2. The number of likely N-dealkylation sites (N-methyl/N-ethyl adjacent to an activating group) is 1. The molecule has 0 bridgehead atoms. The number of anilines is 1. The number of sulfonamides is 1. The number of nitrogens with zero attached hydrogens (tertiary/aromatic N) is 1. The Hall–Kier alpha value is -2.54. The van der Waals surface area contributed by atoms with Crippen LogP contribution in [0.15, 0.2) is 54.6 Å². The topological polar surface area (TPSA) is 75.7 Å². The molecule has 0 saturated heterocycles. The van der Waals surface area contributed by atoms with Gasteiger partial charge in [0, 0.05) is 6.54 Å². The molecule has 0 aliphatic heterocycles. The first kappa shape index (κ1) is 18.8. The highest BCUT2D eigenvalue weighted by molar-refractivity contribution is 7.92. The monoisotopic (exact) mass is 362 g/mol. The van der Waals surface area contributed by atoms with Gasteiger partial charge in [0.25, 0.3) is 0 Å². The molecule has 2 rings (SSSR count). The smallest absolute Gasteiger partial charge is 0.243 e. The molecule has 134 valence electrons. The van der Waals surface area contributed by atoms with E-state index in [9.17, 15) is 13.2 Å². The Labute approximate surface area is 148 Å². The Balaban J connectivity index is 2.25. The van der Waals surface area contributed by atoms with Gasteiger partial charge >= 0.3 is 0 Å². The summed E-state index contributed by atoms with van der Waals surface area (Å²) in [6, 6.07) is 15.0. The van der Waals surface area contributed by atoms with Crippen molar-refractivity contribution in [2.75, 3.05) is 17.1 Å². The fourth-order valence-electron chi connectivity index (χ4n) is 2.42. The van der Waals surface area contributed by atoms with Gasteiger partial charge in [0.05, 0.1) is 11.9 Å². The largest absolute Gasteiger partial charge is 0.457 e. The third-order valence-electron chi connectivity index (χ3n) is 3.51. The first-order valence-corrected chi connectivity index (χ1v) is 9.78. The molecule has 0 fully saturated rings. The Kier molecular flexibility index (Phi) is 6.03. The molecule has 0 unspecified atom stereocenters. The van der Waals surface area contributed by atoms with Crippen LogP contribution in [0.3, 0.4) is 0 Å². The average molecular weight is 362 g/mol. The van der Waals surface area contributed by atoms with Crippen LogP contribution < -0.4 is 14.4 Å². The summed E-state index contributed by atoms with van der Waals surface area (Å²) in [5, 5.41) is 2.64. The highest BCUT2D eigenvalue weighted by Gasteiger charge is 2.28. The lowest BCUT2D eigenvalue weighted by molar-refractivity contribution is -0.121. The van der Waals surface area contributed by atoms with Gasteiger partial charge in [-0.3, -0.25) is 9.10 Å². The van der Waals surface area contributed by atoms with Crippen molar-refractivity contribution < 1.29 is 17.9 Å². The number of hydrogen-bond acceptors (Lipinski definition) is 4. The maximum absolute atomic E-state index is 12.2. The van der Waals surface area contributed by atoms with Gasteiger partial charge < -0.3 is 10.1 Å². The van der Waals surface area contributed by atoms with Crippen molar-refractivity contribution in [3.8, 4) is 11.5 Å². The number of para-hydroxylation sites is 1. The van der Waals surface area contributed by atoms with Crippen LogP contribution >= 0.6 is 0 Å². The maximum atomic E-state index is 12.2. The van der Waals surface area contributed by atoms with Gasteiger partial charge in [0.2, 0.25) is 15.9 Å². The van der Waals surface area contributed by atoms with Crippen LogP contribution in [0.1, 0.15) is 13.8 Å². The summed E-state index contributed by atoms with van der Waals surface area (Å²) in [6.45, 7) is 3.77. The van der Waals surface area contributed by atoms with Gasteiger partial charge in [-0.1, -0.05) is 18.2 Å². The van der Waals surface area contributed by atoms with Crippen LogP contribution in [0, 0.1) is 0 Å². The van der Waals surface area contributed by atoms with E-state index in [0.29, 0.717) is 23.7 Å². The number of amides is 1. The van der Waals surface area contributed by atoms with Crippen LogP contribution in [0.2, 0.25) is 0 Å². The van der Waals surface area contributed by atoms with E-state index < -0.39 is 16.1 Å². The SMILES string of the molecule is CCNC(=O)[C@@H](C)N(c1ccc(Oc2ccccc2)cc1)S(C)(=O)=O. The minimum atomic E-state index is -3.62. The highest BCUT2D eigenvalue weighted by atomic mass is 32.2. The Morgan fingerprint density at radius 2 is 1.64 bits per heavy atom. The molecule has 0 saturated carbocycles. The number of rotatable bonds is 7. The van der Waals surface area contributed by atoms with Crippen LogP contribution in [-0.2, 0) is 14.8 Å². The summed E-state index contributed by atoms with van der Waals surface area (Å²) >= 11 is 0. The molecular formula is C18H22N2O4S. The standard InChI is InChI=1S/C18H22N2O4S/c1-4-19-18(21)14(2)20(25(3,22)23)15-10-12-17(13-11-15)24-16-8-6-5-7-9-16/h5-14H,4H2,1-3H3,(H,19,21)/t14-/m1/s1. The average Bonchev–Trinajstić information content (AvgIpc) is 2.56. The lowest BCUT2D eigenvalue weighted by Crippen LogP contribution is -2.47. The molecule has 0 aliphatic rings. The molecular weight excluding hydrogens is 340 g/mol. The molecule has 1 atom stereocenters. The normalized spacial score (nSPS) is 12.3. The second-order valence-corrected chi connectivity index (χ2v) is 7.40. The molecule has 0 heterocycles. The Bertz CT molecular complexity index is 805. The zero-order valence-electron chi connectivity index (χ0n) is 14.5. The van der Waals surface area contributed by atoms with E-state index in [0.717, 1.165) is 10.6 Å². The van der Waals surface area contributed by atoms with Gasteiger partial charge in [-0.25, -0.2) is 8.42 Å². The van der Waals surface area contributed by atoms with Crippen LogP contribution in [0.25, 0.3) is 0 Å². The minimum Gasteiger partial charge on any atom is -0.457 e. The third kappa shape index (κ3) is 4.96. The zero-order valence-corrected chi connectivity index (χ0v) is 15.3. The van der Waals surface area contributed by atoms with Crippen molar-refractivity contribution in [2.45, 2.75) is 19.9 Å². The summed E-state index contributed by atoms with van der Waals surface area (Å²) in [5.74, 6) is 0.914. The maximum Gasteiger partial charge on any atom is 0.243 e.